The molecule has 0 aliphatic heterocycles. The number of halogens is 1. The molecule has 74 valence electrons. The predicted octanol–water partition coefficient (Wildman–Crippen LogP) is 3.60. The van der Waals surface area contributed by atoms with Crippen LogP contribution in [0, 0.1) is 0 Å². The predicted molar refractivity (Wildman–Crippen MR) is 68.9 cm³/mol. The first-order valence-electron chi connectivity index (χ1n) is 4.19. The van der Waals surface area contributed by atoms with Crippen LogP contribution in [0.25, 0.3) is 5.03 Å². The van der Waals surface area contributed by atoms with Crippen LogP contribution in [0.2, 0.25) is 0 Å². The third kappa shape index (κ3) is 2.43. The molecular weight excluding hydrogens is 213 g/mol. The summed E-state index contributed by atoms with van der Waals surface area (Å²) in [5, 5.41) is 1.82. The molecule has 0 aliphatic carbocycles. The van der Waals surface area contributed by atoms with Gasteiger partial charge in [-0.15, -0.1) is 0 Å². The summed E-state index contributed by atoms with van der Waals surface area (Å²) in [7, 11) is -0.116. The summed E-state index contributed by atoms with van der Waals surface area (Å²) in [6.07, 6.45) is 0. The lowest BCUT2D eigenvalue weighted by atomic mass is 10.2. The fraction of sp³-hybridized carbons (Fsp3) is 0.182. The van der Waals surface area contributed by atoms with Crippen molar-refractivity contribution < 1.29 is 0 Å². The van der Waals surface area contributed by atoms with Crippen LogP contribution >= 0.6 is 19.5 Å². The maximum absolute atomic E-state index is 5.89. The van der Waals surface area contributed by atoms with Crippen LogP contribution in [-0.4, -0.2) is 20.0 Å². The van der Waals surface area contributed by atoms with Gasteiger partial charge in [-0.2, -0.15) is 0 Å². The fourth-order valence-corrected chi connectivity index (χ4v) is 2.07. The van der Waals surface area contributed by atoms with Crippen molar-refractivity contribution in [2.24, 2.45) is 4.99 Å². The van der Waals surface area contributed by atoms with Crippen molar-refractivity contribution in [3.05, 3.63) is 30.3 Å². The summed E-state index contributed by atoms with van der Waals surface area (Å²) in [5.41, 5.74) is 1.68. The smallest absolute Gasteiger partial charge is 0.0709 e. The van der Waals surface area contributed by atoms with Crippen molar-refractivity contribution in [1.82, 2.24) is 0 Å². The number of rotatable bonds is 3. The number of hydrogen-bond donors (Lipinski definition) is 0. The van der Waals surface area contributed by atoms with Gasteiger partial charge in [0.1, 0.15) is 0 Å². The molecule has 0 aromatic heterocycles. The van der Waals surface area contributed by atoms with Crippen LogP contribution in [0.3, 0.4) is 0 Å². The normalized spacial score (nSPS) is 10.3. The molecule has 0 radical (unpaired) electrons. The molecule has 1 aromatic carbocycles. The summed E-state index contributed by atoms with van der Waals surface area (Å²) in [5.74, 6) is 0. The third-order valence-electron chi connectivity index (χ3n) is 1.96. The Bertz CT molecular complexity index is 372. The quantitative estimate of drug-likeness (QED) is 0.551. The van der Waals surface area contributed by atoms with E-state index >= 15 is 0 Å². The Morgan fingerprint density at radius 1 is 1.43 bits per heavy atom. The molecule has 1 nitrogen and oxygen atoms in total. The molecule has 0 atom stereocenters. The zero-order valence-electron chi connectivity index (χ0n) is 8.42. The minimum Gasteiger partial charge on any atom is -0.264 e. The Labute approximate surface area is 91.3 Å². The van der Waals surface area contributed by atoms with Crippen molar-refractivity contribution in [3.63, 3.8) is 0 Å². The van der Waals surface area contributed by atoms with Crippen LogP contribution in [0.15, 0.2) is 29.8 Å². The fourth-order valence-electron chi connectivity index (χ4n) is 1.16. The van der Waals surface area contributed by atoms with E-state index in [2.05, 4.69) is 37.7 Å². The average molecular weight is 226 g/mol. The van der Waals surface area contributed by atoms with Gasteiger partial charge in [0.05, 0.1) is 5.69 Å². The molecule has 0 aliphatic rings. The zero-order chi connectivity index (χ0) is 10.7. The highest BCUT2D eigenvalue weighted by Gasteiger charge is 2.06. The number of hydrogen-bond acceptors (Lipinski definition) is 1. The molecule has 0 spiro atoms. The van der Waals surface area contributed by atoms with E-state index in [-0.39, 0.29) is 7.92 Å². The Morgan fingerprint density at radius 2 is 2.07 bits per heavy atom. The van der Waals surface area contributed by atoms with Crippen LogP contribution in [0.5, 0.6) is 0 Å². The van der Waals surface area contributed by atoms with Gasteiger partial charge in [-0.1, -0.05) is 32.2 Å². The van der Waals surface area contributed by atoms with E-state index < -0.39 is 0 Å². The highest BCUT2D eigenvalue weighted by atomic mass is 35.5. The zero-order valence-corrected chi connectivity index (χ0v) is 10.1. The molecular formula is C11H13ClNP. The van der Waals surface area contributed by atoms with Gasteiger partial charge in [-0.25, -0.2) is 0 Å². The van der Waals surface area contributed by atoms with E-state index in [0.717, 1.165) is 11.3 Å². The Balaban J connectivity index is 3.27. The van der Waals surface area contributed by atoms with Crippen molar-refractivity contribution in [3.8, 4) is 0 Å². The molecule has 0 heterocycles. The molecule has 0 N–H and O–H groups in total. The maximum atomic E-state index is 5.89. The molecule has 1 aromatic rings. The van der Waals surface area contributed by atoms with Crippen molar-refractivity contribution in [2.75, 3.05) is 13.3 Å². The second-order valence-corrected chi connectivity index (χ2v) is 5.92. The first kappa shape index (κ1) is 11.4. The number of nitrogens with zero attached hydrogens (tertiary/aromatic N) is 1. The third-order valence-corrected chi connectivity index (χ3v) is 3.47. The van der Waals surface area contributed by atoms with Crippen molar-refractivity contribution >= 4 is 42.3 Å². The average Bonchev–Trinajstić information content (AvgIpc) is 2.16. The standard InChI is InChI=1S/C11H13ClNP/c1-8(12)10-7-9(14(3)4)5-6-11(10)13-2/h5-7H,1-2H2,3-4H3. The Hall–Kier alpha value is -0.650. The van der Waals surface area contributed by atoms with E-state index in [0.29, 0.717) is 5.03 Å². The first-order valence-corrected chi connectivity index (χ1v) is 6.80. The van der Waals surface area contributed by atoms with Crippen LogP contribution in [0.1, 0.15) is 5.56 Å². The van der Waals surface area contributed by atoms with Crippen LogP contribution in [-0.2, 0) is 0 Å². The molecule has 0 unspecified atom stereocenters. The van der Waals surface area contributed by atoms with Crippen LogP contribution < -0.4 is 5.30 Å². The lowest BCUT2D eigenvalue weighted by molar-refractivity contribution is 1.54. The SMILES string of the molecule is C=Nc1ccc(P(C)C)cc1C(=C)Cl. The summed E-state index contributed by atoms with van der Waals surface area (Å²) in [6, 6.07) is 6.05. The van der Waals surface area contributed by atoms with E-state index in [1.54, 1.807) is 0 Å². The minimum atomic E-state index is -0.116. The van der Waals surface area contributed by atoms with Gasteiger partial charge >= 0.3 is 0 Å². The summed E-state index contributed by atoms with van der Waals surface area (Å²) < 4.78 is 0. The van der Waals surface area contributed by atoms with Gasteiger partial charge in [-0.3, -0.25) is 4.99 Å². The van der Waals surface area contributed by atoms with Gasteiger partial charge in [0, 0.05) is 10.6 Å². The minimum absolute atomic E-state index is 0.116. The molecule has 0 saturated heterocycles. The Kier molecular flexibility index (Phi) is 3.86. The van der Waals surface area contributed by atoms with Gasteiger partial charge in [0.2, 0.25) is 0 Å². The van der Waals surface area contributed by atoms with Gasteiger partial charge in [0.15, 0.2) is 0 Å². The molecule has 0 fully saturated rings. The van der Waals surface area contributed by atoms with E-state index in [9.17, 15) is 0 Å². The van der Waals surface area contributed by atoms with Crippen molar-refractivity contribution in [1.29, 1.82) is 0 Å². The van der Waals surface area contributed by atoms with Gasteiger partial charge in [0.25, 0.3) is 0 Å². The highest BCUT2D eigenvalue weighted by Crippen LogP contribution is 2.31. The highest BCUT2D eigenvalue weighted by molar-refractivity contribution is 7.64. The van der Waals surface area contributed by atoms with E-state index in [1.165, 1.54) is 5.30 Å². The molecule has 0 amide bonds. The largest absolute Gasteiger partial charge is 0.264 e. The second kappa shape index (κ2) is 4.72. The van der Waals surface area contributed by atoms with Gasteiger partial charge < -0.3 is 0 Å². The maximum Gasteiger partial charge on any atom is 0.0709 e. The molecule has 0 saturated carbocycles. The Morgan fingerprint density at radius 3 is 2.50 bits per heavy atom. The number of benzene rings is 1. The topological polar surface area (TPSA) is 12.4 Å². The van der Waals surface area contributed by atoms with E-state index in [4.69, 9.17) is 11.6 Å². The molecule has 14 heavy (non-hydrogen) atoms. The van der Waals surface area contributed by atoms with E-state index in [1.807, 2.05) is 12.1 Å². The number of aliphatic imine (C=N–C) groups is 1. The van der Waals surface area contributed by atoms with Crippen molar-refractivity contribution in [2.45, 2.75) is 0 Å². The second-order valence-electron chi connectivity index (χ2n) is 3.16. The first-order chi connectivity index (χ1) is 6.56. The molecule has 3 heteroatoms. The lowest BCUT2D eigenvalue weighted by Gasteiger charge is -2.09. The molecule has 0 bridgehead atoms. The monoisotopic (exact) mass is 225 g/mol. The molecule has 1 rings (SSSR count). The van der Waals surface area contributed by atoms with Gasteiger partial charge in [-0.05, 0) is 37.5 Å². The summed E-state index contributed by atoms with van der Waals surface area (Å²) in [4.78, 5) is 3.90. The van der Waals surface area contributed by atoms with Crippen LogP contribution in [0.4, 0.5) is 5.69 Å². The summed E-state index contributed by atoms with van der Waals surface area (Å²) in [6.45, 7) is 11.6. The lowest BCUT2D eigenvalue weighted by Crippen LogP contribution is -1.99. The summed E-state index contributed by atoms with van der Waals surface area (Å²) >= 11 is 5.89.